The molecule has 0 saturated heterocycles. The maximum absolute atomic E-state index is 3.72. The Morgan fingerprint density at radius 2 is 1.85 bits per heavy atom. The number of fused-ring (bicyclic) bond motifs is 1. The van der Waals surface area contributed by atoms with Gasteiger partial charge in [-0.1, -0.05) is 43.0 Å². The molecule has 1 aliphatic rings. The van der Waals surface area contributed by atoms with Gasteiger partial charge in [0.05, 0.1) is 0 Å². The SMILES string of the molecule is C=CC1=C=Cc2ccccc2C=C1. The zero-order chi connectivity index (χ0) is 9.10. The maximum atomic E-state index is 3.72. The highest BCUT2D eigenvalue weighted by Gasteiger charge is 1.96. The van der Waals surface area contributed by atoms with Crippen LogP contribution in [0.1, 0.15) is 11.1 Å². The van der Waals surface area contributed by atoms with E-state index in [1.807, 2.05) is 24.3 Å². The van der Waals surface area contributed by atoms with E-state index >= 15 is 0 Å². The van der Waals surface area contributed by atoms with Crippen molar-refractivity contribution in [1.29, 1.82) is 0 Å². The molecule has 13 heavy (non-hydrogen) atoms. The van der Waals surface area contributed by atoms with Gasteiger partial charge in [0, 0.05) is 5.57 Å². The van der Waals surface area contributed by atoms with Gasteiger partial charge in [-0.2, -0.15) is 0 Å². The van der Waals surface area contributed by atoms with Gasteiger partial charge in [-0.15, -0.1) is 5.73 Å². The van der Waals surface area contributed by atoms with Gasteiger partial charge in [-0.05, 0) is 23.3 Å². The lowest BCUT2D eigenvalue weighted by atomic mass is 10.1. The molecule has 0 heterocycles. The molecule has 1 aromatic rings. The molecule has 1 aromatic carbocycles. The summed E-state index contributed by atoms with van der Waals surface area (Å²) in [6.45, 7) is 3.72. The topological polar surface area (TPSA) is 0 Å². The summed E-state index contributed by atoms with van der Waals surface area (Å²) in [5.41, 5.74) is 6.63. The van der Waals surface area contributed by atoms with Gasteiger partial charge in [0.1, 0.15) is 0 Å². The summed E-state index contributed by atoms with van der Waals surface area (Å²) in [5.74, 6) is 0. The fraction of sp³-hybridized carbons (Fsp3) is 0. The quantitative estimate of drug-likeness (QED) is 0.560. The van der Waals surface area contributed by atoms with E-state index in [0.717, 1.165) is 5.57 Å². The van der Waals surface area contributed by atoms with Gasteiger partial charge < -0.3 is 0 Å². The molecule has 0 fully saturated rings. The molecule has 0 atom stereocenters. The predicted octanol–water partition coefficient (Wildman–Crippen LogP) is 3.44. The van der Waals surface area contributed by atoms with Crippen LogP contribution in [0.5, 0.6) is 0 Å². The van der Waals surface area contributed by atoms with Crippen LogP contribution in [0.2, 0.25) is 0 Å². The number of hydrogen-bond donors (Lipinski definition) is 0. The van der Waals surface area contributed by atoms with Gasteiger partial charge in [0.25, 0.3) is 0 Å². The number of benzene rings is 1. The van der Waals surface area contributed by atoms with Crippen LogP contribution < -0.4 is 0 Å². The fourth-order valence-corrected chi connectivity index (χ4v) is 1.31. The number of rotatable bonds is 1. The van der Waals surface area contributed by atoms with Crippen LogP contribution in [0, 0.1) is 0 Å². The summed E-state index contributed by atoms with van der Waals surface area (Å²) in [7, 11) is 0. The highest BCUT2D eigenvalue weighted by Crippen LogP contribution is 2.16. The van der Waals surface area contributed by atoms with Gasteiger partial charge in [-0.3, -0.25) is 0 Å². The van der Waals surface area contributed by atoms with E-state index in [0.29, 0.717) is 0 Å². The predicted molar refractivity (Wildman–Crippen MR) is 57.2 cm³/mol. The molecule has 0 N–H and O–H groups in total. The van der Waals surface area contributed by atoms with E-state index in [-0.39, 0.29) is 0 Å². The van der Waals surface area contributed by atoms with Crippen molar-refractivity contribution in [1.82, 2.24) is 0 Å². The van der Waals surface area contributed by atoms with Gasteiger partial charge in [-0.25, -0.2) is 0 Å². The highest BCUT2D eigenvalue weighted by atomic mass is 14.0. The third kappa shape index (κ3) is 1.53. The Morgan fingerprint density at radius 1 is 1.08 bits per heavy atom. The average molecular weight is 166 g/mol. The van der Waals surface area contributed by atoms with E-state index in [4.69, 9.17) is 0 Å². The monoisotopic (exact) mass is 166 g/mol. The summed E-state index contributed by atoms with van der Waals surface area (Å²) in [4.78, 5) is 0. The molecular formula is C13H10. The van der Waals surface area contributed by atoms with Gasteiger partial charge >= 0.3 is 0 Å². The van der Waals surface area contributed by atoms with Crippen LogP contribution >= 0.6 is 0 Å². The minimum atomic E-state index is 1.02. The molecule has 1 aliphatic carbocycles. The van der Waals surface area contributed by atoms with E-state index < -0.39 is 0 Å². The van der Waals surface area contributed by atoms with Crippen molar-refractivity contribution in [3.63, 3.8) is 0 Å². The van der Waals surface area contributed by atoms with Crippen LogP contribution in [-0.2, 0) is 0 Å². The molecule has 0 bridgehead atoms. The molecule has 0 heteroatoms. The van der Waals surface area contributed by atoms with Crippen LogP contribution in [-0.4, -0.2) is 0 Å². The molecule has 0 saturated carbocycles. The Kier molecular flexibility index (Phi) is 1.99. The van der Waals surface area contributed by atoms with Crippen molar-refractivity contribution < 1.29 is 0 Å². The third-order valence-corrected chi connectivity index (χ3v) is 2.05. The van der Waals surface area contributed by atoms with Crippen molar-refractivity contribution in [3.8, 4) is 0 Å². The average Bonchev–Trinajstić information content (AvgIpc) is 2.39. The molecule has 0 nitrogen and oxygen atoms in total. The second-order valence-electron chi connectivity index (χ2n) is 2.91. The smallest absolute Gasteiger partial charge is 0.0159 e. The fourth-order valence-electron chi connectivity index (χ4n) is 1.31. The zero-order valence-electron chi connectivity index (χ0n) is 7.33. The second-order valence-corrected chi connectivity index (χ2v) is 2.91. The van der Waals surface area contributed by atoms with Gasteiger partial charge in [0.15, 0.2) is 0 Å². The summed E-state index contributed by atoms with van der Waals surface area (Å²) < 4.78 is 0. The first kappa shape index (κ1) is 7.85. The molecule has 0 unspecified atom stereocenters. The van der Waals surface area contributed by atoms with Crippen molar-refractivity contribution in [3.05, 3.63) is 65.4 Å². The number of hydrogen-bond acceptors (Lipinski definition) is 0. The first-order valence-electron chi connectivity index (χ1n) is 4.26. The third-order valence-electron chi connectivity index (χ3n) is 2.05. The highest BCUT2D eigenvalue weighted by molar-refractivity contribution is 5.69. The van der Waals surface area contributed by atoms with Crippen molar-refractivity contribution in [2.24, 2.45) is 0 Å². The Balaban J connectivity index is 2.59. The van der Waals surface area contributed by atoms with Crippen LogP contribution in [0.4, 0.5) is 0 Å². The lowest BCUT2D eigenvalue weighted by Gasteiger charge is -1.96. The standard InChI is InChI=1S/C13H10/c1-2-11-7-9-12-5-3-4-6-13(12)10-8-11/h2-7,9-10H,1H2. The molecule has 0 aromatic heterocycles. The van der Waals surface area contributed by atoms with Gasteiger partial charge in [0.2, 0.25) is 0 Å². The largest absolute Gasteiger partial charge is 0.112 e. The van der Waals surface area contributed by atoms with E-state index in [1.165, 1.54) is 11.1 Å². The van der Waals surface area contributed by atoms with E-state index in [9.17, 15) is 0 Å². The lowest BCUT2D eigenvalue weighted by Crippen LogP contribution is -1.76. The summed E-state index contributed by atoms with van der Waals surface area (Å²) in [6.07, 6.45) is 7.91. The van der Waals surface area contributed by atoms with E-state index in [2.05, 4.69) is 30.5 Å². The van der Waals surface area contributed by atoms with Crippen molar-refractivity contribution in [2.75, 3.05) is 0 Å². The first-order chi connectivity index (χ1) is 6.40. The normalized spacial score (nSPS) is 13.1. The molecule has 0 radical (unpaired) electrons. The maximum Gasteiger partial charge on any atom is 0.0159 e. The van der Waals surface area contributed by atoms with Crippen molar-refractivity contribution in [2.45, 2.75) is 0 Å². The first-order valence-corrected chi connectivity index (χ1v) is 4.26. The van der Waals surface area contributed by atoms with Crippen molar-refractivity contribution >= 4 is 12.2 Å². The summed E-state index contributed by atoms with van der Waals surface area (Å²) >= 11 is 0. The molecular weight excluding hydrogens is 156 g/mol. The molecule has 0 spiro atoms. The zero-order valence-corrected chi connectivity index (χ0v) is 7.33. The minimum Gasteiger partial charge on any atom is -0.112 e. The van der Waals surface area contributed by atoms with Crippen LogP contribution in [0.3, 0.4) is 0 Å². The molecule has 62 valence electrons. The summed E-state index contributed by atoms with van der Waals surface area (Å²) in [5, 5.41) is 0. The van der Waals surface area contributed by atoms with Crippen LogP contribution in [0.25, 0.3) is 12.2 Å². The molecule has 0 aliphatic heterocycles. The Hall–Kier alpha value is -1.78. The lowest BCUT2D eigenvalue weighted by molar-refractivity contribution is 1.62. The Bertz CT molecular complexity index is 427. The minimum absolute atomic E-state index is 1.02. The Morgan fingerprint density at radius 3 is 2.62 bits per heavy atom. The molecule has 0 amide bonds. The Labute approximate surface area is 78.2 Å². The second kappa shape index (κ2) is 3.30. The van der Waals surface area contributed by atoms with Crippen LogP contribution in [0.15, 0.2) is 54.3 Å². The number of allylic oxidation sites excluding steroid dienone is 3. The van der Waals surface area contributed by atoms with E-state index in [1.54, 1.807) is 6.08 Å². The summed E-state index contributed by atoms with van der Waals surface area (Å²) in [6, 6.07) is 8.24. The molecule has 2 rings (SSSR count).